The highest BCUT2D eigenvalue weighted by atomic mass is 16.5. The molecule has 0 fully saturated rings. The molecule has 0 saturated carbocycles. The minimum Gasteiger partial charge on any atom is -0.490 e. The summed E-state index contributed by atoms with van der Waals surface area (Å²) < 4.78 is 16.8. The maximum Gasteiger partial charge on any atom is 0.262 e. The number of benzene rings is 3. The maximum atomic E-state index is 12.4. The van der Waals surface area contributed by atoms with Crippen LogP contribution in [0.3, 0.4) is 0 Å². The third kappa shape index (κ3) is 4.17. The molecule has 4 aromatic rings. The lowest BCUT2D eigenvalue weighted by Crippen LogP contribution is -2.20. The number of aromatic amines is 1. The summed E-state index contributed by atoms with van der Waals surface area (Å²) in [4.78, 5) is 15.7. The molecule has 3 aromatic carbocycles. The molecule has 6 nitrogen and oxygen atoms in total. The summed E-state index contributed by atoms with van der Waals surface area (Å²) in [5.74, 6) is 1.63. The molecule has 6 heteroatoms. The van der Waals surface area contributed by atoms with Crippen LogP contribution in [-0.4, -0.2) is 30.7 Å². The largest absolute Gasteiger partial charge is 0.490 e. The number of H-pyrrole nitrogens is 1. The Balaban J connectivity index is 1.42. The molecule has 1 heterocycles. The molecule has 0 aliphatic heterocycles. The van der Waals surface area contributed by atoms with Gasteiger partial charge in [-0.15, -0.1) is 0 Å². The molecular formula is C24H24N2O4. The Labute approximate surface area is 174 Å². The Morgan fingerprint density at radius 3 is 2.43 bits per heavy atom. The zero-order chi connectivity index (χ0) is 20.9. The third-order valence-electron chi connectivity index (χ3n) is 4.67. The molecule has 0 saturated heterocycles. The van der Waals surface area contributed by atoms with Gasteiger partial charge in [-0.3, -0.25) is 4.79 Å². The number of fused-ring (bicyclic) bond motifs is 3. The van der Waals surface area contributed by atoms with Crippen molar-refractivity contribution in [1.29, 1.82) is 0 Å². The number of hydrogen-bond acceptors (Lipinski definition) is 4. The lowest BCUT2D eigenvalue weighted by atomic mass is 10.1. The summed E-state index contributed by atoms with van der Waals surface area (Å²) >= 11 is 0. The van der Waals surface area contributed by atoms with E-state index in [1.54, 1.807) is 18.2 Å². The van der Waals surface area contributed by atoms with Crippen LogP contribution in [0.25, 0.3) is 21.8 Å². The average molecular weight is 404 g/mol. The van der Waals surface area contributed by atoms with E-state index in [1.807, 2.05) is 50.2 Å². The molecule has 0 spiro atoms. The predicted octanol–water partition coefficient (Wildman–Crippen LogP) is 5.14. The summed E-state index contributed by atoms with van der Waals surface area (Å²) in [5.41, 5.74) is 2.67. The van der Waals surface area contributed by atoms with Gasteiger partial charge < -0.3 is 24.5 Å². The Hall–Kier alpha value is -3.67. The number of nitrogens with one attached hydrogen (secondary N) is 2. The van der Waals surface area contributed by atoms with Gasteiger partial charge in [-0.05, 0) is 44.2 Å². The lowest BCUT2D eigenvalue weighted by Gasteiger charge is -2.13. The van der Waals surface area contributed by atoms with E-state index in [0.717, 1.165) is 21.8 Å². The predicted molar refractivity (Wildman–Crippen MR) is 119 cm³/mol. The van der Waals surface area contributed by atoms with Crippen LogP contribution in [0.2, 0.25) is 0 Å². The second kappa shape index (κ2) is 8.78. The second-order valence-electron chi connectivity index (χ2n) is 6.74. The molecule has 0 unspecified atom stereocenters. The van der Waals surface area contributed by atoms with Crippen molar-refractivity contribution in [3.05, 3.63) is 60.7 Å². The normalized spacial score (nSPS) is 10.9. The number of para-hydroxylation sites is 1. The summed E-state index contributed by atoms with van der Waals surface area (Å²) in [6.45, 7) is 4.77. The molecule has 30 heavy (non-hydrogen) atoms. The van der Waals surface area contributed by atoms with Gasteiger partial charge in [0.05, 0.1) is 18.7 Å². The molecule has 154 valence electrons. The van der Waals surface area contributed by atoms with Crippen LogP contribution in [0, 0.1) is 0 Å². The van der Waals surface area contributed by atoms with Gasteiger partial charge in [-0.1, -0.05) is 18.2 Å². The molecule has 0 atom stereocenters. The van der Waals surface area contributed by atoms with Crippen LogP contribution >= 0.6 is 0 Å². The van der Waals surface area contributed by atoms with Gasteiger partial charge in [0.1, 0.15) is 5.75 Å². The van der Waals surface area contributed by atoms with Crippen LogP contribution in [0.1, 0.15) is 13.8 Å². The van der Waals surface area contributed by atoms with E-state index in [2.05, 4.69) is 16.4 Å². The first-order chi connectivity index (χ1) is 14.7. The zero-order valence-electron chi connectivity index (χ0n) is 17.0. The van der Waals surface area contributed by atoms with E-state index in [1.165, 1.54) is 0 Å². The smallest absolute Gasteiger partial charge is 0.262 e. The van der Waals surface area contributed by atoms with E-state index in [9.17, 15) is 4.79 Å². The maximum absolute atomic E-state index is 12.4. The Kier molecular flexibility index (Phi) is 5.75. The van der Waals surface area contributed by atoms with Crippen molar-refractivity contribution in [2.45, 2.75) is 13.8 Å². The van der Waals surface area contributed by atoms with Crippen molar-refractivity contribution in [3.63, 3.8) is 0 Å². The molecule has 0 radical (unpaired) electrons. The summed E-state index contributed by atoms with van der Waals surface area (Å²) in [5, 5.41) is 5.12. The van der Waals surface area contributed by atoms with E-state index < -0.39 is 0 Å². The minimum atomic E-state index is -0.252. The summed E-state index contributed by atoms with van der Waals surface area (Å²) in [6.07, 6.45) is 0. The van der Waals surface area contributed by atoms with Gasteiger partial charge >= 0.3 is 0 Å². The monoisotopic (exact) mass is 404 g/mol. The number of rotatable bonds is 8. The first kappa shape index (κ1) is 19.6. The summed E-state index contributed by atoms with van der Waals surface area (Å²) in [7, 11) is 0. The number of anilines is 1. The topological polar surface area (TPSA) is 72.6 Å². The number of amides is 1. The van der Waals surface area contributed by atoms with E-state index in [-0.39, 0.29) is 12.5 Å². The molecular weight excluding hydrogens is 380 g/mol. The van der Waals surface area contributed by atoms with Crippen molar-refractivity contribution in [3.8, 4) is 17.2 Å². The molecule has 1 amide bonds. The first-order valence-corrected chi connectivity index (χ1v) is 10.0. The van der Waals surface area contributed by atoms with Gasteiger partial charge in [0.25, 0.3) is 5.91 Å². The lowest BCUT2D eigenvalue weighted by molar-refractivity contribution is -0.118. The van der Waals surface area contributed by atoms with Crippen molar-refractivity contribution in [1.82, 2.24) is 4.98 Å². The van der Waals surface area contributed by atoms with Gasteiger partial charge in [-0.25, -0.2) is 0 Å². The van der Waals surface area contributed by atoms with Gasteiger partial charge in [0.2, 0.25) is 0 Å². The fraction of sp³-hybridized carbons (Fsp3) is 0.208. The van der Waals surface area contributed by atoms with Crippen molar-refractivity contribution in [2.24, 2.45) is 0 Å². The highest BCUT2D eigenvalue weighted by molar-refractivity contribution is 6.07. The number of carbonyl (C=O) groups excluding carboxylic acids is 1. The molecule has 0 aliphatic rings. The van der Waals surface area contributed by atoms with Gasteiger partial charge in [-0.2, -0.15) is 0 Å². The van der Waals surface area contributed by atoms with Crippen molar-refractivity contribution >= 4 is 33.4 Å². The highest BCUT2D eigenvalue weighted by Crippen LogP contribution is 2.31. The SMILES string of the molecule is CCOc1ccc(NC(=O)COc2ccc3c(c2)[nH]c2ccccc23)cc1OCC. The average Bonchev–Trinajstić information content (AvgIpc) is 3.12. The molecule has 4 rings (SSSR count). The molecule has 2 N–H and O–H groups in total. The molecule has 0 bridgehead atoms. The standard InChI is InChI=1S/C24H24N2O4/c1-3-28-22-12-9-16(13-23(22)29-4-2)25-24(27)15-30-17-10-11-19-18-7-5-6-8-20(18)26-21(19)14-17/h5-14,26H,3-4,15H2,1-2H3,(H,25,27). The number of aromatic nitrogens is 1. The number of carbonyl (C=O) groups is 1. The third-order valence-corrected chi connectivity index (χ3v) is 4.67. The van der Waals surface area contributed by atoms with Crippen molar-refractivity contribution in [2.75, 3.05) is 25.1 Å². The number of ether oxygens (including phenoxy) is 3. The van der Waals surface area contributed by atoms with Crippen molar-refractivity contribution < 1.29 is 19.0 Å². The fourth-order valence-corrected chi connectivity index (χ4v) is 3.40. The van der Waals surface area contributed by atoms with E-state index in [0.29, 0.717) is 36.1 Å². The van der Waals surface area contributed by atoms with Crippen LogP contribution in [0.15, 0.2) is 60.7 Å². The van der Waals surface area contributed by atoms with Crippen LogP contribution < -0.4 is 19.5 Å². The quantitative estimate of drug-likeness (QED) is 0.427. The Morgan fingerprint density at radius 2 is 1.60 bits per heavy atom. The Bertz CT molecular complexity index is 1180. The number of hydrogen-bond donors (Lipinski definition) is 2. The van der Waals surface area contributed by atoms with Gasteiger partial charge in [0.15, 0.2) is 18.1 Å². The van der Waals surface area contributed by atoms with E-state index >= 15 is 0 Å². The van der Waals surface area contributed by atoms with Crippen LogP contribution in [0.4, 0.5) is 5.69 Å². The molecule has 1 aromatic heterocycles. The van der Waals surface area contributed by atoms with E-state index in [4.69, 9.17) is 14.2 Å². The summed E-state index contributed by atoms with van der Waals surface area (Å²) in [6, 6.07) is 19.2. The molecule has 0 aliphatic carbocycles. The van der Waals surface area contributed by atoms with Crippen LogP contribution in [-0.2, 0) is 4.79 Å². The first-order valence-electron chi connectivity index (χ1n) is 10.0. The Morgan fingerprint density at radius 1 is 0.833 bits per heavy atom. The van der Waals surface area contributed by atoms with Gasteiger partial charge in [0, 0.05) is 34.1 Å². The fourth-order valence-electron chi connectivity index (χ4n) is 3.40. The van der Waals surface area contributed by atoms with Crippen LogP contribution in [0.5, 0.6) is 17.2 Å². The highest BCUT2D eigenvalue weighted by Gasteiger charge is 2.10. The second-order valence-corrected chi connectivity index (χ2v) is 6.74. The minimum absolute atomic E-state index is 0.0943. The zero-order valence-corrected chi connectivity index (χ0v) is 17.0.